The Labute approximate surface area is 126 Å². The van der Waals surface area contributed by atoms with Crippen molar-refractivity contribution < 1.29 is 0 Å². The lowest BCUT2D eigenvalue weighted by atomic mass is 10.0. The maximum absolute atomic E-state index is 4.69. The highest BCUT2D eigenvalue weighted by molar-refractivity contribution is 5.31. The summed E-state index contributed by atoms with van der Waals surface area (Å²) >= 11 is 0. The molecule has 0 bridgehead atoms. The zero-order chi connectivity index (χ0) is 14.7. The highest BCUT2D eigenvalue weighted by atomic mass is 15.1. The van der Waals surface area contributed by atoms with Crippen molar-refractivity contribution in [2.24, 2.45) is 0 Å². The summed E-state index contributed by atoms with van der Waals surface area (Å²) in [5.41, 5.74) is 3.36. The highest BCUT2D eigenvalue weighted by Crippen LogP contribution is 2.33. The average Bonchev–Trinajstić information content (AvgIpc) is 3.02. The molecule has 2 heterocycles. The van der Waals surface area contributed by atoms with Crippen LogP contribution in [-0.4, -0.2) is 15.0 Å². The van der Waals surface area contributed by atoms with E-state index in [2.05, 4.69) is 39.3 Å². The van der Waals surface area contributed by atoms with Crippen LogP contribution in [0.5, 0.6) is 0 Å². The molecule has 4 nitrogen and oxygen atoms in total. The Kier molecular flexibility index (Phi) is 4.13. The van der Waals surface area contributed by atoms with E-state index in [1.165, 1.54) is 36.9 Å². The summed E-state index contributed by atoms with van der Waals surface area (Å²) in [7, 11) is 0. The molecule has 0 unspecified atom stereocenters. The molecule has 0 aliphatic heterocycles. The highest BCUT2D eigenvalue weighted by Gasteiger charge is 2.19. The first kappa shape index (κ1) is 14.0. The smallest absolute Gasteiger partial charge is 0.223 e. The van der Waals surface area contributed by atoms with Gasteiger partial charge >= 0.3 is 0 Å². The van der Waals surface area contributed by atoms with Gasteiger partial charge in [-0.25, -0.2) is 9.97 Å². The zero-order valence-corrected chi connectivity index (χ0v) is 12.7. The maximum atomic E-state index is 4.69. The van der Waals surface area contributed by atoms with E-state index in [4.69, 9.17) is 0 Å². The molecule has 0 amide bonds. The minimum Gasteiger partial charge on any atom is -0.346 e. The minimum atomic E-state index is 0.101. The van der Waals surface area contributed by atoms with E-state index in [-0.39, 0.29) is 6.04 Å². The quantitative estimate of drug-likeness (QED) is 0.920. The molecule has 1 atom stereocenters. The van der Waals surface area contributed by atoms with Gasteiger partial charge in [0.1, 0.15) is 0 Å². The molecule has 0 radical (unpaired) electrons. The van der Waals surface area contributed by atoms with Crippen LogP contribution >= 0.6 is 0 Å². The number of nitrogens with one attached hydrogen (secondary N) is 1. The van der Waals surface area contributed by atoms with Crippen molar-refractivity contribution in [3.63, 3.8) is 0 Å². The molecular formula is C17H22N4. The van der Waals surface area contributed by atoms with Crippen LogP contribution < -0.4 is 5.32 Å². The molecule has 21 heavy (non-hydrogen) atoms. The third kappa shape index (κ3) is 3.38. The minimum absolute atomic E-state index is 0.101. The van der Waals surface area contributed by atoms with Gasteiger partial charge in [0.25, 0.3) is 0 Å². The Hall–Kier alpha value is -1.97. The second-order valence-corrected chi connectivity index (χ2v) is 5.91. The van der Waals surface area contributed by atoms with E-state index in [0.717, 1.165) is 5.69 Å². The summed E-state index contributed by atoms with van der Waals surface area (Å²) < 4.78 is 0. The lowest BCUT2D eigenvalue weighted by Gasteiger charge is -2.15. The Balaban J connectivity index is 1.72. The Morgan fingerprint density at radius 1 is 1.14 bits per heavy atom. The fourth-order valence-corrected chi connectivity index (χ4v) is 2.89. The fourth-order valence-electron chi connectivity index (χ4n) is 2.89. The summed E-state index contributed by atoms with van der Waals surface area (Å²) in [4.78, 5) is 13.5. The van der Waals surface area contributed by atoms with Gasteiger partial charge in [0.15, 0.2) is 0 Å². The predicted molar refractivity (Wildman–Crippen MR) is 84.3 cm³/mol. The molecule has 1 fully saturated rings. The number of hydrogen-bond acceptors (Lipinski definition) is 4. The number of pyridine rings is 1. The number of anilines is 1. The van der Waals surface area contributed by atoms with E-state index in [9.17, 15) is 0 Å². The molecule has 1 saturated carbocycles. The summed E-state index contributed by atoms with van der Waals surface area (Å²) in [6.07, 6.45) is 8.90. The summed E-state index contributed by atoms with van der Waals surface area (Å²) in [6, 6.07) is 6.28. The van der Waals surface area contributed by atoms with Crippen molar-refractivity contribution >= 4 is 5.95 Å². The van der Waals surface area contributed by atoms with E-state index in [1.54, 1.807) is 0 Å². The van der Waals surface area contributed by atoms with Gasteiger partial charge in [-0.2, -0.15) is 0 Å². The van der Waals surface area contributed by atoms with Crippen molar-refractivity contribution in [3.8, 4) is 0 Å². The SMILES string of the molecule is Cc1ccc([C@@H](C)Nc2nccc(C3CCCC3)n2)nc1. The third-order valence-electron chi connectivity index (χ3n) is 4.17. The van der Waals surface area contributed by atoms with Gasteiger partial charge in [0.2, 0.25) is 5.95 Å². The number of hydrogen-bond donors (Lipinski definition) is 1. The van der Waals surface area contributed by atoms with E-state index in [0.29, 0.717) is 11.9 Å². The summed E-state index contributed by atoms with van der Waals surface area (Å²) in [5, 5.41) is 3.36. The molecule has 110 valence electrons. The van der Waals surface area contributed by atoms with Crippen molar-refractivity contribution in [2.75, 3.05) is 5.32 Å². The molecule has 1 aliphatic carbocycles. The molecule has 0 aromatic carbocycles. The largest absolute Gasteiger partial charge is 0.346 e. The van der Waals surface area contributed by atoms with Gasteiger partial charge in [0, 0.05) is 24.0 Å². The second-order valence-electron chi connectivity index (χ2n) is 5.91. The molecule has 2 aromatic heterocycles. The number of nitrogens with zero attached hydrogens (tertiary/aromatic N) is 3. The monoisotopic (exact) mass is 282 g/mol. The molecule has 1 N–H and O–H groups in total. The second kappa shape index (κ2) is 6.20. The van der Waals surface area contributed by atoms with E-state index >= 15 is 0 Å². The van der Waals surface area contributed by atoms with Gasteiger partial charge in [0.05, 0.1) is 11.7 Å². The Morgan fingerprint density at radius 2 is 1.95 bits per heavy atom. The maximum Gasteiger partial charge on any atom is 0.223 e. The van der Waals surface area contributed by atoms with Crippen LogP contribution in [-0.2, 0) is 0 Å². The van der Waals surface area contributed by atoms with Crippen molar-refractivity contribution in [2.45, 2.75) is 51.5 Å². The lowest BCUT2D eigenvalue weighted by molar-refractivity contribution is 0.692. The molecule has 0 spiro atoms. The van der Waals surface area contributed by atoms with Crippen LogP contribution in [0, 0.1) is 6.92 Å². The van der Waals surface area contributed by atoms with Crippen LogP contribution in [0.25, 0.3) is 0 Å². The summed E-state index contributed by atoms with van der Waals surface area (Å²) in [5.74, 6) is 1.32. The van der Waals surface area contributed by atoms with Gasteiger partial charge in [-0.3, -0.25) is 4.98 Å². The number of rotatable bonds is 4. The average molecular weight is 282 g/mol. The van der Waals surface area contributed by atoms with Crippen LogP contribution in [0.15, 0.2) is 30.6 Å². The van der Waals surface area contributed by atoms with Gasteiger partial charge in [-0.05, 0) is 44.4 Å². The molecule has 1 aliphatic rings. The van der Waals surface area contributed by atoms with Crippen LogP contribution in [0.3, 0.4) is 0 Å². The van der Waals surface area contributed by atoms with Crippen molar-refractivity contribution in [3.05, 3.63) is 47.5 Å². The molecule has 3 rings (SSSR count). The molecular weight excluding hydrogens is 260 g/mol. The predicted octanol–water partition coefficient (Wildman–Crippen LogP) is 4.01. The van der Waals surface area contributed by atoms with Crippen LogP contribution in [0.2, 0.25) is 0 Å². The van der Waals surface area contributed by atoms with Crippen LogP contribution in [0.1, 0.15) is 61.5 Å². The first-order valence-electron chi connectivity index (χ1n) is 7.74. The summed E-state index contributed by atoms with van der Waals surface area (Å²) in [6.45, 7) is 4.13. The Morgan fingerprint density at radius 3 is 2.67 bits per heavy atom. The fraction of sp³-hybridized carbons (Fsp3) is 0.471. The van der Waals surface area contributed by atoms with Crippen LogP contribution in [0.4, 0.5) is 5.95 Å². The Bertz CT molecular complexity index is 588. The topological polar surface area (TPSA) is 50.7 Å². The lowest BCUT2D eigenvalue weighted by Crippen LogP contribution is -2.12. The first-order valence-corrected chi connectivity index (χ1v) is 7.74. The number of aromatic nitrogens is 3. The molecule has 4 heteroatoms. The number of aryl methyl sites for hydroxylation is 1. The zero-order valence-electron chi connectivity index (χ0n) is 12.7. The third-order valence-corrected chi connectivity index (χ3v) is 4.17. The van der Waals surface area contributed by atoms with E-state index in [1.807, 2.05) is 25.4 Å². The van der Waals surface area contributed by atoms with E-state index < -0.39 is 0 Å². The molecule has 2 aromatic rings. The van der Waals surface area contributed by atoms with Gasteiger partial charge < -0.3 is 5.32 Å². The molecule has 0 saturated heterocycles. The van der Waals surface area contributed by atoms with Crippen molar-refractivity contribution in [1.82, 2.24) is 15.0 Å². The van der Waals surface area contributed by atoms with Gasteiger partial charge in [-0.15, -0.1) is 0 Å². The first-order chi connectivity index (χ1) is 10.2. The standard InChI is InChI=1S/C17H22N4/c1-12-7-8-15(19-11-12)13(2)20-17-18-10-9-16(21-17)14-5-3-4-6-14/h7-11,13-14H,3-6H2,1-2H3,(H,18,20,21)/t13-/m1/s1. The normalized spacial score (nSPS) is 16.9. The van der Waals surface area contributed by atoms with Gasteiger partial charge in [-0.1, -0.05) is 18.9 Å². The van der Waals surface area contributed by atoms with Crippen molar-refractivity contribution in [1.29, 1.82) is 0 Å².